The SMILES string of the molecule is CC1CN(CC2CCCC(F)(F)C2)CCC1CN. The molecule has 1 aliphatic heterocycles. The van der Waals surface area contributed by atoms with Gasteiger partial charge in [0.2, 0.25) is 5.92 Å². The zero-order valence-corrected chi connectivity index (χ0v) is 11.4. The Bertz CT molecular complexity index is 271. The molecule has 1 saturated carbocycles. The van der Waals surface area contributed by atoms with Gasteiger partial charge in [-0.2, -0.15) is 0 Å². The molecule has 2 nitrogen and oxygen atoms in total. The fourth-order valence-electron chi connectivity index (χ4n) is 3.59. The molecule has 0 bridgehead atoms. The van der Waals surface area contributed by atoms with Crippen molar-refractivity contribution in [3.63, 3.8) is 0 Å². The molecular weight excluding hydrogens is 234 g/mol. The maximum Gasteiger partial charge on any atom is 0.248 e. The van der Waals surface area contributed by atoms with Gasteiger partial charge < -0.3 is 10.6 Å². The van der Waals surface area contributed by atoms with Crippen LogP contribution in [0.4, 0.5) is 8.78 Å². The molecule has 2 fully saturated rings. The van der Waals surface area contributed by atoms with E-state index in [0.29, 0.717) is 18.3 Å². The fraction of sp³-hybridized carbons (Fsp3) is 1.00. The molecule has 3 unspecified atom stereocenters. The summed E-state index contributed by atoms with van der Waals surface area (Å²) in [6.45, 7) is 5.92. The summed E-state index contributed by atoms with van der Waals surface area (Å²) < 4.78 is 26.7. The molecule has 0 spiro atoms. The average Bonchev–Trinajstić information content (AvgIpc) is 2.28. The summed E-state index contributed by atoms with van der Waals surface area (Å²) in [6.07, 6.45) is 2.97. The van der Waals surface area contributed by atoms with E-state index in [1.165, 1.54) is 0 Å². The van der Waals surface area contributed by atoms with E-state index in [-0.39, 0.29) is 18.8 Å². The van der Waals surface area contributed by atoms with Gasteiger partial charge in [0, 0.05) is 25.9 Å². The third kappa shape index (κ3) is 3.64. The van der Waals surface area contributed by atoms with E-state index < -0.39 is 5.92 Å². The molecule has 1 heterocycles. The third-order valence-corrected chi connectivity index (χ3v) is 4.73. The number of hydrogen-bond donors (Lipinski definition) is 1. The predicted molar refractivity (Wildman–Crippen MR) is 69.7 cm³/mol. The number of hydrogen-bond acceptors (Lipinski definition) is 2. The maximum atomic E-state index is 13.4. The smallest absolute Gasteiger partial charge is 0.248 e. The lowest BCUT2D eigenvalue weighted by Crippen LogP contribution is -2.44. The van der Waals surface area contributed by atoms with E-state index >= 15 is 0 Å². The second-order valence-corrected chi connectivity index (χ2v) is 6.34. The lowest BCUT2D eigenvalue weighted by Gasteiger charge is -2.39. The molecule has 2 aliphatic rings. The normalized spacial score (nSPS) is 37.7. The van der Waals surface area contributed by atoms with Gasteiger partial charge in [0.15, 0.2) is 0 Å². The van der Waals surface area contributed by atoms with Crippen LogP contribution in [0.5, 0.6) is 0 Å². The molecule has 0 aromatic heterocycles. The van der Waals surface area contributed by atoms with Crippen LogP contribution >= 0.6 is 0 Å². The third-order valence-electron chi connectivity index (χ3n) is 4.73. The van der Waals surface area contributed by atoms with Crippen molar-refractivity contribution in [3.05, 3.63) is 0 Å². The van der Waals surface area contributed by atoms with Gasteiger partial charge in [-0.15, -0.1) is 0 Å². The van der Waals surface area contributed by atoms with E-state index in [2.05, 4.69) is 11.8 Å². The Morgan fingerprint density at radius 1 is 1.33 bits per heavy atom. The first-order chi connectivity index (χ1) is 8.50. The number of rotatable bonds is 3. The molecule has 0 radical (unpaired) electrons. The van der Waals surface area contributed by atoms with Crippen molar-refractivity contribution >= 4 is 0 Å². The standard InChI is InChI=1S/C14H26F2N2/c1-11-9-18(6-4-13(11)8-17)10-12-3-2-5-14(15,16)7-12/h11-13H,2-10,17H2,1H3. The first-order valence-corrected chi connectivity index (χ1v) is 7.30. The van der Waals surface area contributed by atoms with Crippen LogP contribution in [0.2, 0.25) is 0 Å². The van der Waals surface area contributed by atoms with Crippen molar-refractivity contribution in [2.75, 3.05) is 26.2 Å². The maximum absolute atomic E-state index is 13.4. The van der Waals surface area contributed by atoms with Gasteiger partial charge in [0.25, 0.3) is 0 Å². The van der Waals surface area contributed by atoms with Crippen LogP contribution in [0, 0.1) is 17.8 Å². The van der Waals surface area contributed by atoms with Crippen molar-refractivity contribution in [2.45, 2.75) is 45.0 Å². The highest BCUT2D eigenvalue weighted by Gasteiger charge is 2.37. The number of nitrogens with two attached hydrogens (primary N) is 1. The van der Waals surface area contributed by atoms with Crippen LogP contribution < -0.4 is 5.73 Å². The summed E-state index contributed by atoms with van der Waals surface area (Å²) in [4.78, 5) is 2.38. The first-order valence-electron chi connectivity index (χ1n) is 7.30. The number of nitrogens with zero attached hydrogens (tertiary/aromatic N) is 1. The van der Waals surface area contributed by atoms with E-state index in [0.717, 1.165) is 39.0 Å². The molecule has 0 aromatic carbocycles. The number of alkyl halides is 2. The number of halogens is 2. The Balaban J connectivity index is 1.80. The van der Waals surface area contributed by atoms with Crippen molar-refractivity contribution in [3.8, 4) is 0 Å². The van der Waals surface area contributed by atoms with Gasteiger partial charge in [-0.05, 0) is 50.1 Å². The largest absolute Gasteiger partial charge is 0.330 e. The Morgan fingerprint density at radius 3 is 2.72 bits per heavy atom. The first kappa shape index (κ1) is 14.2. The Morgan fingerprint density at radius 2 is 2.11 bits per heavy atom. The van der Waals surface area contributed by atoms with Gasteiger partial charge >= 0.3 is 0 Å². The van der Waals surface area contributed by atoms with Gasteiger partial charge in [-0.25, -0.2) is 8.78 Å². The summed E-state index contributed by atoms with van der Waals surface area (Å²) >= 11 is 0. The molecule has 2 N–H and O–H groups in total. The molecule has 1 saturated heterocycles. The van der Waals surface area contributed by atoms with Crippen molar-refractivity contribution < 1.29 is 8.78 Å². The highest BCUT2D eigenvalue weighted by atomic mass is 19.3. The van der Waals surface area contributed by atoms with E-state index in [1.54, 1.807) is 0 Å². The molecular formula is C14H26F2N2. The summed E-state index contributed by atoms with van der Waals surface area (Å²) in [7, 11) is 0. The minimum atomic E-state index is -2.41. The molecule has 0 amide bonds. The van der Waals surface area contributed by atoms with E-state index in [9.17, 15) is 8.78 Å². The van der Waals surface area contributed by atoms with Gasteiger partial charge in [-0.3, -0.25) is 0 Å². The van der Waals surface area contributed by atoms with Crippen LogP contribution in [0.3, 0.4) is 0 Å². The molecule has 2 rings (SSSR count). The van der Waals surface area contributed by atoms with Crippen molar-refractivity contribution in [2.24, 2.45) is 23.5 Å². The molecule has 1 aliphatic carbocycles. The fourth-order valence-corrected chi connectivity index (χ4v) is 3.59. The Hall–Kier alpha value is -0.220. The van der Waals surface area contributed by atoms with E-state index in [1.807, 2.05) is 0 Å². The second-order valence-electron chi connectivity index (χ2n) is 6.34. The Labute approximate surface area is 109 Å². The van der Waals surface area contributed by atoms with Crippen LogP contribution in [-0.2, 0) is 0 Å². The molecule has 0 aromatic rings. The molecule has 3 atom stereocenters. The second kappa shape index (κ2) is 5.83. The van der Waals surface area contributed by atoms with Crippen molar-refractivity contribution in [1.82, 2.24) is 4.90 Å². The summed E-state index contributed by atoms with van der Waals surface area (Å²) in [5.41, 5.74) is 5.74. The number of likely N-dealkylation sites (tertiary alicyclic amines) is 1. The van der Waals surface area contributed by atoms with Crippen LogP contribution in [0.15, 0.2) is 0 Å². The zero-order chi connectivity index (χ0) is 13.2. The highest BCUT2D eigenvalue weighted by molar-refractivity contribution is 4.84. The van der Waals surface area contributed by atoms with E-state index in [4.69, 9.17) is 5.73 Å². The summed E-state index contributed by atoms with van der Waals surface area (Å²) in [5.74, 6) is -0.998. The average molecular weight is 260 g/mol. The van der Waals surface area contributed by atoms with Crippen molar-refractivity contribution in [1.29, 1.82) is 0 Å². The van der Waals surface area contributed by atoms with Crippen LogP contribution in [0.25, 0.3) is 0 Å². The lowest BCUT2D eigenvalue weighted by atomic mass is 9.83. The zero-order valence-electron chi connectivity index (χ0n) is 11.4. The minimum absolute atomic E-state index is 0.0924. The van der Waals surface area contributed by atoms with Crippen LogP contribution in [0.1, 0.15) is 39.0 Å². The topological polar surface area (TPSA) is 29.3 Å². The van der Waals surface area contributed by atoms with Crippen LogP contribution in [-0.4, -0.2) is 37.0 Å². The molecule has 18 heavy (non-hydrogen) atoms. The lowest BCUT2D eigenvalue weighted by molar-refractivity contribution is -0.0589. The molecule has 4 heteroatoms. The number of piperidine rings is 1. The highest BCUT2D eigenvalue weighted by Crippen LogP contribution is 2.37. The van der Waals surface area contributed by atoms with Gasteiger partial charge in [0.1, 0.15) is 0 Å². The Kier molecular flexibility index (Phi) is 4.59. The monoisotopic (exact) mass is 260 g/mol. The quantitative estimate of drug-likeness (QED) is 0.845. The predicted octanol–water partition coefficient (Wildman–Crippen LogP) is 2.73. The van der Waals surface area contributed by atoms with Gasteiger partial charge in [0.05, 0.1) is 0 Å². The minimum Gasteiger partial charge on any atom is -0.330 e. The summed E-state index contributed by atoms with van der Waals surface area (Å²) in [5, 5.41) is 0. The summed E-state index contributed by atoms with van der Waals surface area (Å²) in [6, 6.07) is 0. The van der Waals surface area contributed by atoms with Gasteiger partial charge in [-0.1, -0.05) is 6.92 Å². The molecule has 106 valence electrons.